The van der Waals surface area contributed by atoms with Crippen molar-refractivity contribution in [2.24, 2.45) is 0 Å². The normalized spacial score (nSPS) is 10.3. The Hall–Kier alpha value is -1.13. The number of aryl methyl sites for hydroxylation is 1. The van der Waals surface area contributed by atoms with E-state index >= 15 is 0 Å². The third-order valence-electron chi connectivity index (χ3n) is 2.47. The predicted molar refractivity (Wildman–Crippen MR) is 73.2 cm³/mol. The summed E-state index contributed by atoms with van der Waals surface area (Å²) in [6, 6.07) is 7.33. The molecule has 0 saturated heterocycles. The van der Waals surface area contributed by atoms with E-state index in [9.17, 15) is 4.79 Å². The number of ketones is 1. The van der Waals surface area contributed by atoms with Crippen molar-refractivity contribution in [3.8, 4) is 5.75 Å². The summed E-state index contributed by atoms with van der Waals surface area (Å²) in [4.78, 5) is 13.0. The monoisotopic (exact) mass is 310 g/mol. The van der Waals surface area contributed by atoms with Crippen LogP contribution in [0.1, 0.15) is 20.8 Å². The summed E-state index contributed by atoms with van der Waals surface area (Å²) in [6.45, 7) is 1.92. The predicted octanol–water partition coefficient (Wildman–Crippen LogP) is 4.06. The maximum absolute atomic E-state index is 12.2. The zero-order valence-electron chi connectivity index (χ0n) is 9.49. The Kier molecular flexibility index (Phi) is 3.64. The molecule has 0 atom stereocenters. The first-order valence-corrected chi connectivity index (χ1v) is 6.72. The highest BCUT2D eigenvalue weighted by atomic mass is 79.9. The Morgan fingerprint density at radius 3 is 2.65 bits per heavy atom. The molecule has 2 rings (SSSR count). The van der Waals surface area contributed by atoms with Gasteiger partial charge in [0.15, 0.2) is 0 Å². The molecule has 0 aliphatic heterocycles. The van der Waals surface area contributed by atoms with Gasteiger partial charge >= 0.3 is 0 Å². The Morgan fingerprint density at radius 1 is 1.35 bits per heavy atom. The summed E-state index contributed by atoms with van der Waals surface area (Å²) in [5, 5.41) is 1.91. The molecular formula is C13H11BrO2S. The maximum Gasteiger partial charge on any atom is 0.203 e. The SMILES string of the molecule is COc1ccc(C(=O)c2cc(Br)cs2)c(C)c1. The number of hydrogen-bond donors (Lipinski definition) is 0. The lowest BCUT2D eigenvalue weighted by molar-refractivity contribution is 0.104. The molecule has 1 heterocycles. The molecule has 1 aromatic heterocycles. The Labute approximate surface area is 112 Å². The molecule has 0 aliphatic carbocycles. The van der Waals surface area contributed by atoms with Gasteiger partial charge in [-0.25, -0.2) is 0 Å². The summed E-state index contributed by atoms with van der Waals surface area (Å²) >= 11 is 4.80. The summed E-state index contributed by atoms with van der Waals surface area (Å²) < 4.78 is 6.07. The van der Waals surface area contributed by atoms with Crippen LogP contribution in [0.2, 0.25) is 0 Å². The van der Waals surface area contributed by atoms with Gasteiger partial charge in [0, 0.05) is 15.4 Å². The van der Waals surface area contributed by atoms with E-state index in [1.807, 2.05) is 36.6 Å². The van der Waals surface area contributed by atoms with Crippen LogP contribution in [-0.4, -0.2) is 12.9 Å². The van der Waals surface area contributed by atoms with Crippen LogP contribution >= 0.6 is 27.3 Å². The van der Waals surface area contributed by atoms with Gasteiger partial charge in [-0.05, 0) is 52.7 Å². The number of hydrogen-bond acceptors (Lipinski definition) is 3. The fraction of sp³-hybridized carbons (Fsp3) is 0.154. The van der Waals surface area contributed by atoms with Crippen LogP contribution < -0.4 is 4.74 Å². The van der Waals surface area contributed by atoms with E-state index in [0.717, 1.165) is 26.2 Å². The van der Waals surface area contributed by atoms with Gasteiger partial charge < -0.3 is 4.74 Å². The highest BCUT2D eigenvalue weighted by molar-refractivity contribution is 9.10. The van der Waals surface area contributed by atoms with Crippen molar-refractivity contribution in [2.45, 2.75) is 6.92 Å². The summed E-state index contributed by atoms with van der Waals surface area (Å²) in [5.74, 6) is 0.826. The van der Waals surface area contributed by atoms with Gasteiger partial charge in [0.05, 0.1) is 12.0 Å². The van der Waals surface area contributed by atoms with Gasteiger partial charge in [0.1, 0.15) is 5.75 Å². The van der Waals surface area contributed by atoms with Crippen molar-refractivity contribution in [1.82, 2.24) is 0 Å². The molecule has 0 unspecified atom stereocenters. The molecule has 0 amide bonds. The van der Waals surface area contributed by atoms with Crippen LogP contribution in [0.15, 0.2) is 34.1 Å². The minimum atomic E-state index is 0.0563. The van der Waals surface area contributed by atoms with Crippen LogP contribution in [0, 0.1) is 6.92 Å². The summed E-state index contributed by atoms with van der Waals surface area (Å²) in [5.41, 5.74) is 1.65. The summed E-state index contributed by atoms with van der Waals surface area (Å²) in [6.07, 6.45) is 0. The van der Waals surface area contributed by atoms with Crippen molar-refractivity contribution >= 4 is 33.0 Å². The third kappa shape index (κ3) is 2.58. The molecule has 2 nitrogen and oxygen atoms in total. The first-order chi connectivity index (χ1) is 8.11. The van der Waals surface area contributed by atoms with E-state index in [0.29, 0.717) is 0 Å². The summed E-state index contributed by atoms with van der Waals surface area (Å²) in [7, 11) is 1.62. The second-order valence-corrected chi connectivity index (χ2v) is 5.47. The number of ether oxygens (including phenoxy) is 1. The van der Waals surface area contributed by atoms with Crippen molar-refractivity contribution in [1.29, 1.82) is 0 Å². The fourth-order valence-electron chi connectivity index (χ4n) is 1.58. The molecule has 0 saturated carbocycles. The number of carbonyl (C=O) groups excluding carboxylic acids is 1. The van der Waals surface area contributed by atoms with Crippen molar-refractivity contribution in [3.05, 3.63) is 50.1 Å². The van der Waals surface area contributed by atoms with E-state index < -0.39 is 0 Å². The molecular weight excluding hydrogens is 300 g/mol. The molecule has 0 bridgehead atoms. The van der Waals surface area contributed by atoms with E-state index in [-0.39, 0.29) is 5.78 Å². The first kappa shape index (κ1) is 12.3. The van der Waals surface area contributed by atoms with Gasteiger partial charge in [-0.1, -0.05) is 0 Å². The number of benzene rings is 1. The topological polar surface area (TPSA) is 26.3 Å². The smallest absolute Gasteiger partial charge is 0.203 e. The molecule has 0 N–H and O–H groups in total. The molecule has 0 spiro atoms. The Balaban J connectivity index is 2.37. The van der Waals surface area contributed by atoms with Gasteiger partial charge in [0.2, 0.25) is 5.78 Å². The van der Waals surface area contributed by atoms with Gasteiger partial charge in [-0.2, -0.15) is 0 Å². The van der Waals surface area contributed by atoms with Crippen molar-refractivity contribution < 1.29 is 9.53 Å². The van der Waals surface area contributed by atoms with Gasteiger partial charge in [-0.15, -0.1) is 11.3 Å². The Bertz CT molecular complexity index is 560. The third-order valence-corrected chi connectivity index (χ3v) is 4.16. The molecule has 4 heteroatoms. The molecule has 2 aromatic rings. The molecule has 17 heavy (non-hydrogen) atoms. The molecule has 0 aliphatic rings. The second kappa shape index (κ2) is 5.02. The Morgan fingerprint density at radius 2 is 2.12 bits per heavy atom. The standard InChI is InChI=1S/C13H11BrO2S/c1-8-5-10(16-2)3-4-11(8)13(15)12-6-9(14)7-17-12/h3-7H,1-2H3. The number of thiophene rings is 1. The van der Waals surface area contributed by atoms with Crippen LogP contribution in [0.4, 0.5) is 0 Å². The van der Waals surface area contributed by atoms with E-state index in [1.54, 1.807) is 7.11 Å². The molecule has 0 fully saturated rings. The lowest BCUT2D eigenvalue weighted by Gasteiger charge is -2.06. The minimum Gasteiger partial charge on any atom is -0.497 e. The van der Waals surface area contributed by atoms with E-state index in [4.69, 9.17) is 4.74 Å². The van der Waals surface area contributed by atoms with Crippen molar-refractivity contribution in [3.63, 3.8) is 0 Å². The van der Waals surface area contributed by atoms with Gasteiger partial charge in [0.25, 0.3) is 0 Å². The van der Waals surface area contributed by atoms with E-state index in [1.165, 1.54) is 11.3 Å². The zero-order valence-corrected chi connectivity index (χ0v) is 11.9. The quantitative estimate of drug-likeness (QED) is 0.799. The average Bonchev–Trinajstić information content (AvgIpc) is 2.75. The van der Waals surface area contributed by atoms with Crippen molar-refractivity contribution in [2.75, 3.05) is 7.11 Å². The number of methoxy groups -OCH3 is 1. The molecule has 1 aromatic carbocycles. The van der Waals surface area contributed by atoms with Gasteiger partial charge in [-0.3, -0.25) is 4.79 Å². The number of rotatable bonds is 3. The highest BCUT2D eigenvalue weighted by Gasteiger charge is 2.14. The molecule has 0 radical (unpaired) electrons. The van der Waals surface area contributed by atoms with Crippen LogP contribution in [0.5, 0.6) is 5.75 Å². The number of halogens is 1. The maximum atomic E-state index is 12.2. The largest absolute Gasteiger partial charge is 0.497 e. The van der Waals surface area contributed by atoms with E-state index in [2.05, 4.69) is 15.9 Å². The number of carbonyl (C=O) groups is 1. The highest BCUT2D eigenvalue weighted by Crippen LogP contribution is 2.25. The zero-order chi connectivity index (χ0) is 12.4. The first-order valence-electron chi connectivity index (χ1n) is 5.05. The van der Waals surface area contributed by atoms with Crippen LogP contribution in [-0.2, 0) is 0 Å². The average molecular weight is 311 g/mol. The lowest BCUT2D eigenvalue weighted by Crippen LogP contribution is -2.01. The minimum absolute atomic E-state index is 0.0563. The van der Waals surface area contributed by atoms with Crippen LogP contribution in [0.25, 0.3) is 0 Å². The van der Waals surface area contributed by atoms with Crippen LogP contribution in [0.3, 0.4) is 0 Å². The second-order valence-electron chi connectivity index (χ2n) is 3.64. The lowest BCUT2D eigenvalue weighted by atomic mass is 10.0. The fourth-order valence-corrected chi connectivity index (χ4v) is 2.96. The molecule has 88 valence electrons.